The molecule has 1 nitrogen and oxygen atoms in total. The molecule has 2 rings (SSSR count). The Balaban J connectivity index is 2.42. The molecule has 0 aliphatic carbocycles. The van der Waals surface area contributed by atoms with Crippen molar-refractivity contribution in [3.63, 3.8) is 0 Å². The largest absolute Gasteiger partial charge is 0.320 e. The number of nitrogens with two attached hydrogens (primary N) is 1. The summed E-state index contributed by atoms with van der Waals surface area (Å²) in [4.78, 5) is 1.05. The van der Waals surface area contributed by atoms with Crippen LogP contribution in [0.2, 0.25) is 4.34 Å². The van der Waals surface area contributed by atoms with E-state index in [0.29, 0.717) is 0 Å². The second-order valence-corrected chi connectivity index (χ2v) is 8.05. The molecule has 17 heavy (non-hydrogen) atoms. The zero-order valence-electron chi connectivity index (χ0n) is 8.38. The fraction of sp³-hybridized carbons (Fsp3) is 0.0909. The highest BCUT2D eigenvalue weighted by molar-refractivity contribution is 14.1. The number of hydrogen-bond donors (Lipinski definition) is 1. The van der Waals surface area contributed by atoms with Crippen LogP contribution in [0.5, 0.6) is 0 Å². The van der Waals surface area contributed by atoms with Gasteiger partial charge in [-0.3, -0.25) is 0 Å². The van der Waals surface area contributed by atoms with E-state index >= 15 is 0 Å². The van der Waals surface area contributed by atoms with Gasteiger partial charge in [-0.05, 0) is 68.3 Å². The quantitative estimate of drug-likeness (QED) is 0.528. The minimum Gasteiger partial charge on any atom is -0.320 e. The maximum absolute atomic E-state index is 6.27. The summed E-state index contributed by atoms with van der Waals surface area (Å²) >= 11 is 16.7. The van der Waals surface area contributed by atoms with Crippen LogP contribution in [-0.4, -0.2) is 0 Å². The molecule has 0 fully saturated rings. The van der Waals surface area contributed by atoms with Gasteiger partial charge in [-0.25, -0.2) is 0 Å². The van der Waals surface area contributed by atoms with Crippen LogP contribution < -0.4 is 5.73 Å². The molecule has 1 unspecified atom stereocenters. The molecule has 0 radical (unpaired) electrons. The Morgan fingerprint density at radius 2 is 1.94 bits per heavy atom. The third-order valence-corrected chi connectivity index (χ3v) is 6.21. The lowest BCUT2D eigenvalue weighted by Gasteiger charge is -2.12. The van der Waals surface area contributed by atoms with Gasteiger partial charge in [-0.2, -0.15) is 0 Å². The van der Waals surface area contributed by atoms with Gasteiger partial charge in [0.15, 0.2) is 0 Å². The molecule has 0 aliphatic rings. The van der Waals surface area contributed by atoms with Crippen molar-refractivity contribution < 1.29 is 0 Å². The molecule has 0 bridgehead atoms. The van der Waals surface area contributed by atoms with Crippen molar-refractivity contribution in [2.45, 2.75) is 6.04 Å². The Morgan fingerprint density at radius 3 is 2.53 bits per heavy atom. The molecule has 0 aliphatic heterocycles. The number of hydrogen-bond acceptors (Lipinski definition) is 2. The van der Waals surface area contributed by atoms with Crippen molar-refractivity contribution >= 4 is 77.4 Å². The van der Waals surface area contributed by atoms with E-state index in [4.69, 9.17) is 17.3 Å². The van der Waals surface area contributed by atoms with Gasteiger partial charge in [-0.1, -0.05) is 27.5 Å². The van der Waals surface area contributed by atoms with Crippen LogP contribution in [-0.2, 0) is 0 Å². The van der Waals surface area contributed by atoms with Crippen molar-refractivity contribution in [3.05, 3.63) is 51.6 Å². The molecule has 6 heteroatoms. The van der Waals surface area contributed by atoms with E-state index in [-0.39, 0.29) is 6.04 Å². The van der Waals surface area contributed by atoms with Crippen molar-refractivity contribution in [3.8, 4) is 0 Å². The maximum atomic E-state index is 6.27. The van der Waals surface area contributed by atoms with Gasteiger partial charge in [0.05, 0.1) is 6.04 Å². The summed E-state index contributed by atoms with van der Waals surface area (Å²) in [5.74, 6) is 0. The summed E-state index contributed by atoms with van der Waals surface area (Å²) < 4.78 is 3.82. The predicted molar refractivity (Wildman–Crippen MR) is 89.9 cm³/mol. The number of rotatable bonds is 2. The van der Waals surface area contributed by atoms with Crippen molar-refractivity contribution in [1.29, 1.82) is 0 Å². The molecule has 1 atom stereocenters. The summed E-state index contributed by atoms with van der Waals surface area (Å²) in [5.41, 5.74) is 7.34. The standard InChI is InChI=1S/C11H7Br2ClINS/c12-7-2-1-5(15)3-6(7)10(16)9-4-8(13)11(14)17-9/h1-4,10H,16H2. The smallest absolute Gasteiger partial charge is 0.107 e. The Hall–Kier alpha value is 0.860. The van der Waals surface area contributed by atoms with Crippen LogP contribution in [0.15, 0.2) is 33.2 Å². The molecule has 2 aromatic rings. The topological polar surface area (TPSA) is 26.0 Å². The summed E-state index contributed by atoms with van der Waals surface area (Å²) in [6.45, 7) is 0. The van der Waals surface area contributed by atoms with Crippen molar-refractivity contribution in [1.82, 2.24) is 0 Å². The Kier molecular flexibility index (Phi) is 4.94. The molecule has 1 aromatic heterocycles. The zero-order valence-corrected chi connectivity index (χ0v) is 15.3. The van der Waals surface area contributed by atoms with Gasteiger partial charge in [-0.15, -0.1) is 11.3 Å². The fourth-order valence-electron chi connectivity index (χ4n) is 1.42. The summed E-state index contributed by atoms with van der Waals surface area (Å²) in [6.07, 6.45) is 0. The third-order valence-electron chi connectivity index (χ3n) is 2.26. The molecule has 1 aromatic carbocycles. The molecule has 0 saturated carbocycles. The first-order valence-corrected chi connectivity index (χ1v) is 8.50. The van der Waals surface area contributed by atoms with E-state index in [1.54, 1.807) is 0 Å². The van der Waals surface area contributed by atoms with Gasteiger partial charge in [0.2, 0.25) is 0 Å². The van der Waals surface area contributed by atoms with Gasteiger partial charge < -0.3 is 5.73 Å². The molecule has 1 heterocycles. The van der Waals surface area contributed by atoms with E-state index < -0.39 is 0 Å². The van der Waals surface area contributed by atoms with Crippen LogP contribution >= 0.6 is 77.4 Å². The molecule has 2 N–H and O–H groups in total. The van der Waals surface area contributed by atoms with Crippen molar-refractivity contribution in [2.24, 2.45) is 5.73 Å². The van der Waals surface area contributed by atoms with Crippen LogP contribution in [0.25, 0.3) is 0 Å². The molecular weight excluding hydrogens is 500 g/mol. The first kappa shape index (κ1) is 14.3. The van der Waals surface area contributed by atoms with Gasteiger partial charge in [0.1, 0.15) is 4.34 Å². The van der Waals surface area contributed by atoms with E-state index in [9.17, 15) is 0 Å². The minimum atomic E-state index is -0.159. The monoisotopic (exact) mass is 505 g/mol. The van der Waals surface area contributed by atoms with Crippen LogP contribution in [0.4, 0.5) is 0 Å². The normalized spacial score (nSPS) is 12.8. The first-order valence-electron chi connectivity index (χ1n) is 4.64. The summed E-state index contributed by atoms with van der Waals surface area (Å²) in [5, 5.41) is 0. The average molecular weight is 507 g/mol. The fourth-order valence-corrected chi connectivity index (χ4v) is 4.19. The Morgan fingerprint density at radius 1 is 1.24 bits per heavy atom. The van der Waals surface area contributed by atoms with Crippen LogP contribution in [0, 0.1) is 3.57 Å². The summed E-state index contributed by atoms with van der Waals surface area (Å²) in [7, 11) is 0. The molecule has 90 valence electrons. The highest BCUT2D eigenvalue weighted by atomic mass is 127. The predicted octanol–water partition coefficient (Wildman–Crippen LogP) is 5.58. The van der Waals surface area contributed by atoms with Crippen LogP contribution in [0.3, 0.4) is 0 Å². The van der Waals surface area contributed by atoms with E-state index in [1.165, 1.54) is 11.3 Å². The lowest BCUT2D eigenvalue weighted by molar-refractivity contribution is 0.886. The molecule has 0 amide bonds. The molecular formula is C11H7Br2ClINS. The third kappa shape index (κ3) is 3.25. The maximum Gasteiger partial charge on any atom is 0.107 e. The number of thiophene rings is 1. The second kappa shape index (κ2) is 5.88. The Bertz CT molecular complexity index is 539. The molecule has 0 saturated heterocycles. The van der Waals surface area contributed by atoms with Crippen LogP contribution in [0.1, 0.15) is 16.5 Å². The number of benzene rings is 1. The summed E-state index contributed by atoms with van der Waals surface area (Å²) in [6, 6.07) is 7.95. The number of halogens is 4. The van der Waals surface area contributed by atoms with E-state index in [2.05, 4.69) is 60.5 Å². The van der Waals surface area contributed by atoms with Crippen molar-refractivity contribution in [2.75, 3.05) is 0 Å². The first-order chi connectivity index (χ1) is 7.99. The average Bonchev–Trinajstić information content (AvgIpc) is 2.62. The SMILES string of the molecule is NC(c1cc(Br)c(Cl)s1)c1cc(I)ccc1Br. The Labute approximate surface area is 139 Å². The van der Waals surface area contributed by atoms with E-state index in [1.807, 2.05) is 18.2 Å². The van der Waals surface area contributed by atoms with Gasteiger partial charge in [0.25, 0.3) is 0 Å². The minimum absolute atomic E-state index is 0.159. The second-order valence-electron chi connectivity index (χ2n) is 3.41. The van der Waals surface area contributed by atoms with Gasteiger partial charge in [0, 0.05) is 17.4 Å². The lowest BCUT2D eigenvalue weighted by Crippen LogP contribution is -2.11. The van der Waals surface area contributed by atoms with Gasteiger partial charge >= 0.3 is 0 Å². The van der Waals surface area contributed by atoms with E-state index in [0.717, 1.165) is 27.3 Å². The molecule has 0 spiro atoms. The highest BCUT2D eigenvalue weighted by Gasteiger charge is 2.16. The highest BCUT2D eigenvalue weighted by Crippen LogP contribution is 2.38. The zero-order chi connectivity index (χ0) is 12.6. The lowest BCUT2D eigenvalue weighted by atomic mass is 10.1.